The Kier molecular flexibility index (Phi) is 7.82. The minimum atomic E-state index is 1.26. The van der Waals surface area contributed by atoms with Gasteiger partial charge in [0.2, 0.25) is 0 Å². The van der Waals surface area contributed by atoms with Crippen molar-refractivity contribution in [1.82, 2.24) is 0 Å². The van der Waals surface area contributed by atoms with Crippen LogP contribution in [0.15, 0.2) is 24.3 Å². The fraction of sp³-hybridized carbons (Fsp3) is 0.583. The molecule has 2 rings (SSSR count). The Labute approximate surface area is 149 Å². The van der Waals surface area contributed by atoms with Crippen molar-refractivity contribution in [3.8, 4) is 0 Å². The molecule has 0 heteroatoms. The highest BCUT2D eigenvalue weighted by Crippen LogP contribution is 2.28. The van der Waals surface area contributed by atoms with Gasteiger partial charge in [0.1, 0.15) is 0 Å². The van der Waals surface area contributed by atoms with E-state index >= 15 is 0 Å². The summed E-state index contributed by atoms with van der Waals surface area (Å²) in [4.78, 5) is 0. The van der Waals surface area contributed by atoms with Crippen molar-refractivity contribution in [3.63, 3.8) is 0 Å². The van der Waals surface area contributed by atoms with Crippen LogP contribution in [-0.4, -0.2) is 0 Å². The summed E-state index contributed by atoms with van der Waals surface area (Å²) < 4.78 is 0. The molecule has 0 unspecified atom stereocenters. The normalized spacial score (nSPS) is 11.3. The van der Waals surface area contributed by atoms with Crippen molar-refractivity contribution in [2.75, 3.05) is 0 Å². The van der Waals surface area contributed by atoms with Crippen LogP contribution < -0.4 is 0 Å². The molecule has 0 radical (unpaired) electrons. The summed E-state index contributed by atoms with van der Waals surface area (Å²) in [5.41, 5.74) is 6.07. The average Bonchev–Trinajstić information content (AvgIpc) is 2.59. The van der Waals surface area contributed by atoms with E-state index in [1.165, 1.54) is 86.1 Å². The maximum absolute atomic E-state index is 2.51. The highest BCUT2D eigenvalue weighted by atomic mass is 14.1. The standard InChI is InChI=1S/C24H36/c1-5-7-9-11-13-21-17-23-19(3)15-16-20(4)24(23)18-22(21)14-12-10-8-6-2/h15-18H,5-14H2,1-4H3. The van der Waals surface area contributed by atoms with E-state index in [2.05, 4.69) is 52.0 Å². The molecular weight excluding hydrogens is 288 g/mol. The van der Waals surface area contributed by atoms with Gasteiger partial charge in [-0.15, -0.1) is 0 Å². The van der Waals surface area contributed by atoms with Crippen molar-refractivity contribution >= 4 is 10.8 Å². The van der Waals surface area contributed by atoms with Crippen LogP contribution in [0.4, 0.5) is 0 Å². The Morgan fingerprint density at radius 2 is 1.00 bits per heavy atom. The molecule has 0 spiro atoms. The molecule has 0 nitrogen and oxygen atoms in total. The van der Waals surface area contributed by atoms with Gasteiger partial charge in [-0.3, -0.25) is 0 Å². The van der Waals surface area contributed by atoms with Gasteiger partial charge >= 0.3 is 0 Å². The second-order valence-electron chi connectivity index (χ2n) is 7.49. The highest BCUT2D eigenvalue weighted by molar-refractivity contribution is 5.89. The van der Waals surface area contributed by atoms with Crippen molar-refractivity contribution < 1.29 is 0 Å². The largest absolute Gasteiger partial charge is 0.0654 e. The summed E-state index contributed by atoms with van der Waals surface area (Å²) >= 11 is 0. The van der Waals surface area contributed by atoms with E-state index < -0.39 is 0 Å². The number of unbranched alkanes of at least 4 members (excludes halogenated alkanes) is 6. The molecule has 2 aromatic carbocycles. The second kappa shape index (κ2) is 9.87. The number of benzene rings is 2. The molecule has 0 atom stereocenters. The number of hydrogen-bond donors (Lipinski definition) is 0. The van der Waals surface area contributed by atoms with Gasteiger partial charge in [0.25, 0.3) is 0 Å². The zero-order valence-electron chi connectivity index (χ0n) is 16.4. The quantitative estimate of drug-likeness (QED) is 0.393. The molecule has 0 aromatic heterocycles. The third kappa shape index (κ3) is 5.10. The van der Waals surface area contributed by atoms with E-state index in [-0.39, 0.29) is 0 Å². The summed E-state index contributed by atoms with van der Waals surface area (Å²) in [6.07, 6.45) is 13.3. The summed E-state index contributed by atoms with van der Waals surface area (Å²) in [5, 5.41) is 2.94. The first-order valence-electron chi connectivity index (χ1n) is 10.2. The number of hydrogen-bond acceptors (Lipinski definition) is 0. The van der Waals surface area contributed by atoms with Crippen LogP contribution in [0.1, 0.15) is 87.5 Å². The molecule has 0 saturated heterocycles. The Hall–Kier alpha value is -1.30. The van der Waals surface area contributed by atoms with Crippen LogP contribution >= 0.6 is 0 Å². The maximum Gasteiger partial charge on any atom is -0.0149 e. The minimum absolute atomic E-state index is 1.26. The van der Waals surface area contributed by atoms with Crippen LogP contribution in [0, 0.1) is 13.8 Å². The number of rotatable bonds is 10. The van der Waals surface area contributed by atoms with E-state index in [0.717, 1.165) is 0 Å². The van der Waals surface area contributed by atoms with Crippen molar-refractivity contribution in [1.29, 1.82) is 0 Å². The molecule has 0 heterocycles. The Morgan fingerprint density at radius 3 is 1.38 bits per heavy atom. The maximum atomic E-state index is 2.51. The van der Waals surface area contributed by atoms with E-state index in [0.29, 0.717) is 0 Å². The molecule has 0 bridgehead atoms. The third-order valence-corrected chi connectivity index (χ3v) is 5.37. The third-order valence-electron chi connectivity index (χ3n) is 5.37. The highest BCUT2D eigenvalue weighted by Gasteiger charge is 2.09. The summed E-state index contributed by atoms with van der Waals surface area (Å²) in [5.74, 6) is 0. The zero-order chi connectivity index (χ0) is 17.4. The van der Waals surface area contributed by atoms with E-state index in [1.807, 2.05) is 0 Å². The van der Waals surface area contributed by atoms with Gasteiger partial charge in [-0.25, -0.2) is 0 Å². The lowest BCUT2D eigenvalue weighted by Crippen LogP contribution is -1.98. The first kappa shape index (κ1) is 19.0. The SMILES string of the molecule is CCCCCCc1cc2c(C)ccc(C)c2cc1CCCCCC. The minimum Gasteiger partial charge on any atom is -0.0654 e. The lowest BCUT2D eigenvalue weighted by Gasteiger charge is -2.15. The lowest BCUT2D eigenvalue weighted by atomic mass is 9.90. The predicted molar refractivity (Wildman–Crippen MR) is 109 cm³/mol. The fourth-order valence-corrected chi connectivity index (χ4v) is 3.72. The van der Waals surface area contributed by atoms with Gasteiger partial charge < -0.3 is 0 Å². The van der Waals surface area contributed by atoms with E-state index in [4.69, 9.17) is 0 Å². The molecule has 24 heavy (non-hydrogen) atoms. The fourth-order valence-electron chi connectivity index (χ4n) is 3.72. The molecule has 0 aliphatic carbocycles. The zero-order valence-corrected chi connectivity index (χ0v) is 16.4. The lowest BCUT2D eigenvalue weighted by molar-refractivity contribution is 0.651. The van der Waals surface area contributed by atoms with Gasteiger partial charge in [-0.05, 0) is 72.6 Å². The van der Waals surface area contributed by atoms with Gasteiger partial charge in [0.05, 0.1) is 0 Å². The number of aryl methyl sites for hydroxylation is 4. The van der Waals surface area contributed by atoms with Gasteiger partial charge in [-0.2, -0.15) is 0 Å². The van der Waals surface area contributed by atoms with Crippen LogP contribution in [0.3, 0.4) is 0 Å². The smallest absolute Gasteiger partial charge is 0.0149 e. The van der Waals surface area contributed by atoms with Crippen LogP contribution in [0.5, 0.6) is 0 Å². The van der Waals surface area contributed by atoms with E-state index in [1.54, 1.807) is 11.1 Å². The summed E-state index contributed by atoms with van der Waals surface area (Å²) in [7, 11) is 0. The second-order valence-corrected chi connectivity index (χ2v) is 7.49. The molecule has 0 aliphatic heterocycles. The van der Waals surface area contributed by atoms with Gasteiger partial charge in [-0.1, -0.05) is 76.6 Å². The molecule has 0 N–H and O–H groups in total. The van der Waals surface area contributed by atoms with Crippen LogP contribution in [-0.2, 0) is 12.8 Å². The first-order chi connectivity index (χ1) is 11.7. The molecule has 0 aliphatic rings. The van der Waals surface area contributed by atoms with Crippen LogP contribution in [0.25, 0.3) is 10.8 Å². The Balaban J connectivity index is 2.25. The molecule has 0 amide bonds. The van der Waals surface area contributed by atoms with Crippen molar-refractivity contribution in [2.24, 2.45) is 0 Å². The molecule has 132 valence electrons. The topological polar surface area (TPSA) is 0 Å². The predicted octanol–water partition coefficient (Wildman–Crippen LogP) is 7.70. The Morgan fingerprint density at radius 1 is 0.583 bits per heavy atom. The van der Waals surface area contributed by atoms with Crippen LogP contribution in [0.2, 0.25) is 0 Å². The first-order valence-corrected chi connectivity index (χ1v) is 10.2. The van der Waals surface area contributed by atoms with E-state index in [9.17, 15) is 0 Å². The Bertz CT molecular complexity index is 580. The molecule has 0 fully saturated rings. The van der Waals surface area contributed by atoms with Crippen molar-refractivity contribution in [2.45, 2.75) is 91.9 Å². The molecule has 0 saturated carbocycles. The molecular formula is C24H36. The monoisotopic (exact) mass is 324 g/mol. The molecule has 2 aromatic rings. The summed E-state index contributed by atoms with van der Waals surface area (Å²) in [6.45, 7) is 9.09. The van der Waals surface area contributed by atoms with Gasteiger partial charge in [0.15, 0.2) is 0 Å². The number of fused-ring (bicyclic) bond motifs is 1. The van der Waals surface area contributed by atoms with Crippen molar-refractivity contribution in [3.05, 3.63) is 46.5 Å². The van der Waals surface area contributed by atoms with Gasteiger partial charge in [0, 0.05) is 0 Å². The average molecular weight is 325 g/mol. The summed E-state index contributed by atoms with van der Waals surface area (Å²) in [6, 6.07) is 9.58.